The lowest BCUT2D eigenvalue weighted by molar-refractivity contribution is 0.342. The quantitative estimate of drug-likeness (QED) is 0.528. The lowest BCUT2D eigenvalue weighted by Gasteiger charge is -2.13. The molecule has 132 valence electrons. The zero-order chi connectivity index (χ0) is 18.1. The van der Waals surface area contributed by atoms with Crippen molar-refractivity contribution in [3.05, 3.63) is 48.3 Å². The predicted octanol–water partition coefficient (Wildman–Crippen LogP) is 2.92. The van der Waals surface area contributed by atoms with Crippen LogP contribution in [0.3, 0.4) is 0 Å². The molecule has 1 atom stereocenters. The fourth-order valence-electron chi connectivity index (χ4n) is 3.12. The van der Waals surface area contributed by atoms with Crippen molar-refractivity contribution in [2.24, 2.45) is 0 Å². The Balaban J connectivity index is 1.78. The fourth-order valence-corrected chi connectivity index (χ4v) is 3.42. The lowest BCUT2D eigenvalue weighted by atomic mass is 10.1. The number of hydrogen-bond donors (Lipinski definition) is 0. The van der Waals surface area contributed by atoms with E-state index in [0.717, 1.165) is 48.0 Å². The molecule has 6 nitrogen and oxygen atoms in total. The van der Waals surface area contributed by atoms with Crippen LogP contribution in [-0.4, -0.2) is 48.8 Å². The first-order chi connectivity index (χ1) is 12.7. The summed E-state index contributed by atoms with van der Waals surface area (Å²) in [4.78, 5) is 11.0. The van der Waals surface area contributed by atoms with E-state index in [1.807, 2.05) is 22.8 Å². The van der Waals surface area contributed by atoms with Gasteiger partial charge in [-0.05, 0) is 31.3 Å². The zero-order valence-corrected chi connectivity index (χ0v) is 15.5. The Morgan fingerprint density at radius 2 is 2.12 bits per heavy atom. The molecule has 7 heteroatoms. The molecule has 0 radical (unpaired) electrons. The highest BCUT2D eigenvalue weighted by Crippen LogP contribution is 2.36. The van der Waals surface area contributed by atoms with Crippen molar-refractivity contribution >= 4 is 11.6 Å². The Labute approximate surface area is 157 Å². The van der Waals surface area contributed by atoms with E-state index in [9.17, 15) is 0 Å². The number of imidazole rings is 1. The number of aromatic nitrogens is 5. The van der Waals surface area contributed by atoms with Crippen LogP contribution in [0.15, 0.2) is 37.1 Å². The molecule has 0 bridgehead atoms. The van der Waals surface area contributed by atoms with Crippen LogP contribution in [0.25, 0.3) is 17.1 Å². The van der Waals surface area contributed by atoms with E-state index in [2.05, 4.69) is 45.7 Å². The van der Waals surface area contributed by atoms with Gasteiger partial charge >= 0.3 is 0 Å². The molecule has 0 fully saturated rings. The summed E-state index contributed by atoms with van der Waals surface area (Å²) in [7, 11) is 0. The van der Waals surface area contributed by atoms with Crippen molar-refractivity contribution in [1.82, 2.24) is 29.2 Å². The summed E-state index contributed by atoms with van der Waals surface area (Å²) in [5, 5.41) is 4.30. The minimum absolute atomic E-state index is 0.459. The summed E-state index contributed by atoms with van der Waals surface area (Å²) in [6, 6.07) is 6.10. The lowest BCUT2D eigenvalue weighted by Crippen LogP contribution is -2.22. The van der Waals surface area contributed by atoms with Crippen LogP contribution in [0.5, 0.6) is 0 Å². The smallest absolute Gasteiger partial charge is 0.169 e. The monoisotopic (exact) mass is 366 g/mol. The molecule has 1 aromatic carbocycles. The van der Waals surface area contributed by atoms with Gasteiger partial charge in [0, 0.05) is 11.1 Å². The minimum Gasteiger partial charge on any atom is -0.299 e. The van der Waals surface area contributed by atoms with Crippen molar-refractivity contribution in [2.75, 3.05) is 19.6 Å². The number of nitrogens with zero attached hydrogens (tertiary/aromatic N) is 6. The van der Waals surface area contributed by atoms with Gasteiger partial charge in [0.15, 0.2) is 11.3 Å². The largest absolute Gasteiger partial charge is 0.299 e. The van der Waals surface area contributed by atoms with Crippen molar-refractivity contribution in [3.8, 4) is 28.9 Å². The topological polar surface area (TPSA) is 51.8 Å². The summed E-state index contributed by atoms with van der Waals surface area (Å²) >= 11 is 6.61. The van der Waals surface area contributed by atoms with Crippen LogP contribution in [0.1, 0.15) is 30.6 Å². The van der Waals surface area contributed by atoms with Crippen LogP contribution >= 0.6 is 11.6 Å². The molecule has 3 aromatic rings. The number of alkyl halides is 1. The van der Waals surface area contributed by atoms with Gasteiger partial charge in [-0.15, -0.1) is 0 Å². The maximum atomic E-state index is 6.61. The second-order valence-corrected chi connectivity index (χ2v) is 6.46. The van der Waals surface area contributed by atoms with E-state index >= 15 is 0 Å². The van der Waals surface area contributed by atoms with Crippen LogP contribution in [-0.2, 0) is 0 Å². The molecule has 0 aliphatic carbocycles. The first kappa shape index (κ1) is 16.8. The Morgan fingerprint density at radius 3 is 2.92 bits per heavy atom. The Kier molecular flexibility index (Phi) is 4.49. The average Bonchev–Trinajstić information content (AvgIpc) is 3.32. The summed E-state index contributed by atoms with van der Waals surface area (Å²) in [6.45, 7) is 7.05. The van der Waals surface area contributed by atoms with Crippen molar-refractivity contribution in [1.29, 1.82) is 0 Å². The summed E-state index contributed by atoms with van der Waals surface area (Å²) in [5.74, 6) is 7.25. The maximum Gasteiger partial charge on any atom is 0.169 e. The molecular formula is C19H19ClN6. The van der Waals surface area contributed by atoms with Gasteiger partial charge in [-0.3, -0.25) is 9.47 Å². The number of hydrogen-bond acceptors (Lipinski definition) is 4. The third-order valence-corrected chi connectivity index (χ3v) is 5.03. The van der Waals surface area contributed by atoms with E-state index < -0.39 is 5.50 Å². The average molecular weight is 367 g/mol. The Morgan fingerprint density at radius 1 is 1.27 bits per heavy atom. The predicted molar refractivity (Wildman–Crippen MR) is 101 cm³/mol. The molecular weight excluding hydrogens is 348 g/mol. The van der Waals surface area contributed by atoms with Gasteiger partial charge in [0.05, 0.1) is 30.5 Å². The van der Waals surface area contributed by atoms with Gasteiger partial charge in [-0.25, -0.2) is 14.6 Å². The van der Waals surface area contributed by atoms with Gasteiger partial charge in [0.25, 0.3) is 0 Å². The summed E-state index contributed by atoms with van der Waals surface area (Å²) < 4.78 is 3.70. The van der Waals surface area contributed by atoms with Crippen LogP contribution in [0.2, 0.25) is 0 Å². The number of benzene rings is 1. The highest BCUT2D eigenvalue weighted by Gasteiger charge is 2.27. The normalized spacial score (nSPS) is 14.8. The van der Waals surface area contributed by atoms with Gasteiger partial charge in [-0.2, -0.15) is 5.10 Å². The molecule has 3 heterocycles. The van der Waals surface area contributed by atoms with E-state index in [1.54, 1.807) is 17.2 Å². The SMILES string of the molecule is CCN(CC)CC#Cc1ccc2c(c1)-c1ncnn1C(Cl)c1cncn1-2. The second-order valence-electron chi connectivity index (χ2n) is 6.05. The molecule has 1 aliphatic rings. The summed E-state index contributed by atoms with van der Waals surface area (Å²) in [5.41, 5.74) is 3.26. The van der Waals surface area contributed by atoms with E-state index in [0.29, 0.717) is 0 Å². The van der Waals surface area contributed by atoms with Crippen LogP contribution in [0.4, 0.5) is 0 Å². The van der Waals surface area contributed by atoms with Gasteiger partial charge < -0.3 is 0 Å². The van der Waals surface area contributed by atoms with Gasteiger partial charge in [0.2, 0.25) is 0 Å². The van der Waals surface area contributed by atoms with E-state index in [-0.39, 0.29) is 0 Å². The second kappa shape index (κ2) is 6.94. The molecule has 2 aromatic heterocycles. The fraction of sp³-hybridized carbons (Fsp3) is 0.316. The molecule has 0 amide bonds. The maximum absolute atomic E-state index is 6.61. The van der Waals surface area contributed by atoms with E-state index in [4.69, 9.17) is 11.6 Å². The third kappa shape index (κ3) is 2.79. The molecule has 1 unspecified atom stereocenters. The van der Waals surface area contributed by atoms with Crippen LogP contribution < -0.4 is 0 Å². The first-order valence-corrected chi connectivity index (χ1v) is 9.08. The van der Waals surface area contributed by atoms with E-state index in [1.165, 1.54) is 6.33 Å². The molecule has 0 spiro atoms. The summed E-state index contributed by atoms with van der Waals surface area (Å²) in [6.07, 6.45) is 5.05. The highest BCUT2D eigenvalue weighted by atomic mass is 35.5. The molecule has 0 saturated carbocycles. The van der Waals surface area contributed by atoms with Crippen molar-refractivity contribution < 1.29 is 0 Å². The Hall–Kier alpha value is -2.62. The molecule has 0 N–H and O–H groups in total. The number of rotatable bonds is 3. The van der Waals surface area contributed by atoms with Crippen molar-refractivity contribution in [2.45, 2.75) is 19.3 Å². The molecule has 26 heavy (non-hydrogen) atoms. The van der Waals surface area contributed by atoms with Crippen LogP contribution in [0, 0.1) is 11.8 Å². The molecule has 4 rings (SSSR count). The zero-order valence-electron chi connectivity index (χ0n) is 14.7. The molecule has 0 saturated heterocycles. The van der Waals surface area contributed by atoms with Gasteiger partial charge in [-0.1, -0.05) is 37.3 Å². The number of fused-ring (bicyclic) bond motifs is 5. The number of halogens is 1. The Bertz CT molecular complexity index is 989. The van der Waals surface area contributed by atoms with Gasteiger partial charge in [0.1, 0.15) is 6.33 Å². The molecule has 1 aliphatic heterocycles. The minimum atomic E-state index is -0.459. The van der Waals surface area contributed by atoms with Crippen molar-refractivity contribution in [3.63, 3.8) is 0 Å². The third-order valence-electron chi connectivity index (χ3n) is 4.63. The standard InChI is InChI=1S/C19H19ClN6/c1-3-24(4-2)9-5-6-14-7-8-16-15(10-14)19-22-12-23-26(19)18(20)17-11-21-13-25(16)17/h7-8,10-13,18H,3-4,9H2,1-2H3. The first-order valence-electron chi connectivity index (χ1n) is 8.64. The highest BCUT2D eigenvalue weighted by molar-refractivity contribution is 6.20.